The fraction of sp³-hybridized carbons (Fsp3) is 0.300. The lowest BCUT2D eigenvalue weighted by atomic mass is 10.2. The molecule has 2 aromatic rings. The zero-order chi connectivity index (χ0) is 9.68. The standard InChI is InChI=1S/C8H8N2O.C2H6/c1-10-4-2-8(9-10)7-3-5-11-6-7;1-2/h2-6H,1H3;1-2H3. The van der Waals surface area contributed by atoms with E-state index >= 15 is 0 Å². The summed E-state index contributed by atoms with van der Waals surface area (Å²) < 4.78 is 6.70. The summed E-state index contributed by atoms with van der Waals surface area (Å²) >= 11 is 0. The number of furan rings is 1. The Labute approximate surface area is 78.0 Å². The zero-order valence-corrected chi connectivity index (χ0v) is 8.19. The maximum atomic E-state index is 4.93. The molecule has 13 heavy (non-hydrogen) atoms. The van der Waals surface area contributed by atoms with Crippen LogP contribution in [0.3, 0.4) is 0 Å². The molecule has 2 aromatic heterocycles. The predicted octanol–water partition coefficient (Wildman–Crippen LogP) is 2.71. The molecule has 0 fully saturated rings. The molecule has 70 valence electrons. The molecule has 0 spiro atoms. The SMILES string of the molecule is CC.Cn1ccc(-c2ccoc2)n1. The molecule has 0 aliphatic rings. The molecule has 0 unspecified atom stereocenters. The molecule has 0 N–H and O–H groups in total. The van der Waals surface area contributed by atoms with Crippen LogP contribution in [0.4, 0.5) is 0 Å². The van der Waals surface area contributed by atoms with Crippen LogP contribution >= 0.6 is 0 Å². The molecule has 0 aromatic carbocycles. The highest BCUT2D eigenvalue weighted by Gasteiger charge is 2.00. The second-order valence-corrected chi connectivity index (χ2v) is 2.39. The molecule has 3 nitrogen and oxygen atoms in total. The highest BCUT2D eigenvalue weighted by atomic mass is 16.3. The normalized spacial score (nSPS) is 9.15. The van der Waals surface area contributed by atoms with Crippen LogP contribution in [0.15, 0.2) is 35.3 Å². The van der Waals surface area contributed by atoms with Gasteiger partial charge in [0.1, 0.15) is 0 Å². The van der Waals surface area contributed by atoms with E-state index in [0.29, 0.717) is 0 Å². The fourth-order valence-corrected chi connectivity index (χ4v) is 0.979. The first-order chi connectivity index (χ1) is 6.36. The first-order valence-electron chi connectivity index (χ1n) is 4.38. The smallest absolute Gasteiger partial charge is 0.0997 e. The van der Waals surface area contributed by atoms with Crippen LogP contribution in [0.5, 0.6) is 0 Å². The van der Waals surface area contributed by atoms with E-state index in [2.05, 4.69) is 5.10 Å². The van der Waals surface area contributed by atoms with Crippen molar-refractivity contribution in [2.24, 2.45) is 7.05 Å². The highest BCUT2D eigenvalue weighted by molar-refractivity contribution is 5.56. The average molecular weight is 178 g/mol. The number of nitrogens with zero attached hydrogens (tertiary/aromatic N) is 2. The van der Waals surface area contributed by atoms with Gasteiger partial charge in [-0.05, 0) is 12.1 Å². The van der Waals surface area contributed by atoms with Crippen molar-refractivity contribution in [1.82, 2.24) is 9.78 Å². The van der Waals surface area contributed by atoms with Gasteiger partial charge in [-0.25, -0.2) is 0 Å². The van der Waals surface area contributed by atoms with Gasteiger partial charge in [-0.1, -0.05) is 13.8 Å². The van der Waals surface area contributed by atoms with Gasteiger partial charge in [-0.3, -0.25) is 4.68 Å². The van der Waals surface area contributed by atoms with Crippen LogP contribution in [0, 0.1) is 0 Å². The average Bonchev–Trinajstić information content (AvgIpc) is 2.77. The highest BCUT2D eigenvalue weighted by Crippen LogP contribution is 2.15. The maximum absolute atomic E-state index is 4.93. The summed E-state index contributed by atoms with van der Waals surface area (Å²) in [4.78, 5) is 0. The largest absolute Gasteiger partial charge is 0.472 e. The van der Waals surface area contributed by atoms with Crippen LogP contribution in [-0.4, -0.2) is 9.78 Å². The van der Waals surface area contributed by atoms with E-state index in [1.165, 1.54) is 0 Å². The number of aryl methyl sites for hydroxylation is 1. The molecule has 0 bridgehead atoms. The Kier molecular flexibility index (Phi) is 3.31. The Bertz CT molecular complexity index is 335. The van der Waals surface area contributed by atoms with Crippen molar-refractivity contribution in [2.75, 3.05) is 0 Å². The lowest BCUT2D eigenvalue weighted by molar-refractivity contribution is 0.568. The molecular weight excluding hydrogens is 164 g/mol. The van der Waals surface area contributed by atoms with Gasteiger partial charge in [0.25, 0.3) is 0 Å². The summed E-state index contributed by atoms with van der Waals surface area (Å²) in [7, 11) is 1.89. The minimum atomic E-state index is 0.946. The van der Waals surface area contributed by atoms with E-state index in [0.717, 1.165) is 11.3 Å². The van der Waals surface area contributed by atoms with Crippen LogP contribution in [0.25, 0.3) is 11.3 Å². The number of hydrogen-bond acceptors (Lipinski definition) is 2. The minimum Gasteiger partial charge on any atom is -0.472 e. The molecule has 0 saturated heterocycles. The van der Waals surface area contributed by atoms with E-state index in [9.17, 15) is 0 Å². The molecule has 3 heteroatoms. The Balaban J connectivity index is 0.000000396. The summed E-state index contributed by atoms with van der Waals surface area (Å²) in [5.41, 5.74) is 1.96. The van der Waals surface area contributed by atoms with Crippen LogP contribution < -0.4 is 0 Å². The van der Waals surface area contributed by atoms with E-state index in [-0.39, 0.29) is 0 Å². The lowest BCUT2D eigenvalue weighted by Gasteiger charge is -1.86. The Morgan fingerprint density at radius 2 is 2.08 bits per heavy atom. The van der Waals surface area contributed by atoms with Crippen LogP contribution in [0.1, 0.15) is 13.8 Å². The molecule has 0 saturated carbocycles. The van der Waals surface area contributed by atoms with Gasteiger partial charge in [0.15, 0.2) is 0 Å². The quantitative estimate of drug-likeness (QED) is 0.672. The Hall–Kier alpha value is -1.51. The predicted molar refractivity (Wildman–Crippen MR) is 52.3 cm³/mol. The Morgan fingerprint density at radius 3 is 2.54 bits per heavy atom. The first-order valence-corrected chi connectivity index (χ1v) is 4.38. The van der Waals surface area contributed by atoms with Gasteiger partial charge in [0.05, 0.1) is 18.2 Å². The third-order valence-electron chi connectivity index (χ3n) is 1.53. The van der Waals surface area contributed by atoms with E-state index in [4.69, 9.17) is 4.42 Å². The maximum Gasteiger partial charge on any atom is 0.0997 e. The van der Waals surface area contributed by atoms with Crippen molar-refractivity contribution >= 4 is 0 Å². The number of hydrogen-bond donors (Lipinski definition) is 0. The zero-order valence-electron chi connectivity index (χ0n) is 8.19. The lowest BCUT2D eigenvalue weighted by Crippen LogP contribution is -1.86. The Morgan fingerprint density at radius 1 is 1.31 bits per heavy atom. The van der Waals surface area contributed by atoms with Gasteiger partial charge >= 0.3 is 0 Å². The fourth-order valence-electron chi connectivity index (χ4n) is 0.979. The summed E-state index contributed by atoms with van der Waals surface area (Å²) in [5, 5.41) is 4.21. The van der Waals surface area contributed by atoms with Gasteiger partial charge in [0, 0.05) is 18.8 Å². The van der Waals surface area contributed by atoms with Gasteiger partial charge in [-0.2, -0.15) is 5.10 Å². The molecule has 0 amide bonds. The van der Waals surface area contributed by atoms with Crippen molar-refractivity contribution in [3.8, 4) is 11.3 Å². The van der Waals surface area contributed by atoms with Crippen molar-refractivity contribution in [1.29, 1.82) is 0 Å². The van der Waals surface area contributed by atoms with Gasteiger partial charge < -0.3 is 4.42 Å². The molecule has 0 aliphatic carbocycles. The number of aromatic nitrogens is 2. The topological polar surface area (TPSA) is 31.0 Å². The third-order valence-corrected chi connectivity index (χ3v) is 1.53. The first kappa shape index (κ1) is 9.58. The summed E-state index contributed by atoms with van der Waals surface area (Å²) in [6.45, 7) is 4.00. The minimum absolute atomic E-state index is 0.946. The second kappa shape index (κ2) is 4.50. The monoisotopic (exact) mass is 178 g/mol. The van der Waals surface area contributed by atoms with Gasteiger partial charge in [-0.15, -0.1) is 0 Å². The van der Waals surface area contributed by atoms with Crippen molar-refractivity contribution in [3.05, 3.63) is 30.9 Å². The second-order valence-electron chi connectivity index (χ2n) is 2.39. The number of rotatable bonds is 1. The van der Waals surface area contributed by atoms with E-state index in [1.807, 2.05) is 39.2 Å². The van der Waals surface area contributed by atoms with Crippen LogP contribution in [-0.2, 0) is 7.05 Å². The van der Waals surface area contributed by atoms with Gasteiger partial charge in [0.2, 0.25) is 0 Å². The third kappa shape index (κ3) is 2.21. The van der Waals surface area contributed by atoms with Crippen molar-refractivity contribution in [2.45, 2.75) is 13.8 Å². The molecule has 0 radical (unpaired) electrons. The van der Waals surface area contributed by atoms with E-state index in [1.54, 1.807) is 17.2 Å². The summed E-state index contributed by atoms with van der Waals surface area (Å²) in [5.74, 6) is 0. The molecule has 2 rings (SSSR count). The van der Waals surface area contributed by atoms with Crippen molar-refractivity contribution in [3.63, 3.8) is 0 Å². The van der Waals surface area contributed by atoms with E-state index < -0.39 is 0 Å². The molecular formula is C10H14N2O. The summed E-state index contributed by atoms with van der Waals surface area (Å²) in [6.07, 6.45) is 5.23. The molecule has 0 atom stereocenters. The summed E-state index contributed by atoms with van der Waals surface area (Å²) in [6, 6.07) is 3.84. The molecule has 0 aliphatic heterocycles. The van der Waals surface area contributed by atoms with Crippen LogP contribution in [0.2, 0.25) is 0 Å². The molecule has 2 heterocycles. The van der Waals surface area contributed by atoms with Crippen molar-refractivity contribution < 1.29 is 4.42 Å².